The lowest BCUT2D eigenvalue weighted by Gasteiger charge is -2.34. The molecule has 2 nitrogen and oxygen atoms in total. The second-order valence-corrected chi connectivity index (χ2v) is 8.08. The van der Waals surface area contributed by atoms with Crippen LogP contribution in [0.3, 0.4) is 0 Å². The first-order valence-electron chi connectivity index (χ1n) is 7.57. The zero-order valence-corrected chi connectivity index (χ0v) is 13.7. The summed E-state index contributed by atoms with van der Waals surface area (Å²) in [5, 5.41) is 9.40. The van der Waals surface area contributed by atoms with Gasteiger partial charge in [-0.1, -0.05) is 53.7 Å². The van der Waals surface area contributed by atoms with Crippen molar-refractivity contribution in [3.63, 3.8) is 0 Å². The first-order chi connectivity index (χ1) is 9.07. The number of benzene rings is 1. The van der Waals surface area contributed by atoms with Gasteiger partial charge in [0.25, 0.3) is 0 Å². The van der Waals surface area contributed by atoms with Crippen molar-refractivity contribution in [2.24, 2.45) is 0 Å². The van der Waals surface area contributed by atoms with Crippen LogP contribution >= 0.6 is 0 Å². The number of hydrogen-bond acceptors (Lipinski definition) is 2. The molecule has 0 spiro atoms. The molecule has 2 heteroatoms. The van der Waals surface area contributed by atoms with Crippen LogP contribution in [-0.2, 0) is 10.8 Å². The normalized spacial score (nSPS) is 23.4. The summed E-state index contributed by atoms with van der Waals surface area (Å²) in [6, 6.07) is 6.55. The summed E-state index contributed by atoms with van der Waals surface area (Å²) < 4.78 is 6.09. The predicted molar refractivity (Wildman–Crippen MR) is 83.5 cm³/mol. The molecule has 1 aromatic carbocycles. The molecule has 0 saturated heterocycles. The molecule has 0 atom stereocenters. The standard InChI is InChI=1S/C18H28O2/c1-17(2,3)12-7-8-16(15(9-12)18(4,5)6)20-14-10-13(19)11-14/h7-9,13-14,19H,10-11H2,1-6H3. The Balaban J connectivity index is 2.31. The van der Waals surface area contributed by atoms with Gasteiger partial charge in [0.2, 0.25) is 0 Å². The molecule has 1 fully saturated rings. The van der Waals surface area contributed by atoms with E-state index in [0.29, 0.717) is 0 Å². The summed E-state index contributed by atoms with van der Waals surface area (Å²) >= 11 is 0. The lowest BCUT2D eigenvalue weighted by molar-refractivity contribution is -0.0115. The minimum absolute atomic E-state index is 0.0545. The Hall–Kier alpha value is -1.02. The number of rotatable bonds is 2. The molecule has 0 amide bonds. The summed E-state index contributed by atoms with van der Waals surface area (Å²) in [6.45, 7) is 13.4. The van der Waals surface area contributed by atoms with Gasteiger partial charge in [-0.3, -0.25) is 0 Å². The van der Waals surface area contributed by atoms with Gasteiger partial charge in [-0.15, -0.1) is 0 Å². The first kappa shape index (κ1) is 15.4. The highest BCUT2D eigenvalue weighted by atomic mass is 16.5. The highest BCUT2D eigenvalue weighted by Gasteiger charge is 2.31. The van der Waals surface area contributed by atoms with E-state index in [1.165, 1.54) is 11.1 Å². The van der Waals surface area contributed by atoms with E-state index in [-0.39, 0.29) is 23.0 Å². The van der Waals surface area contributed by atoms with Crippen LogP contribution in [0.1, 0.15) is 65.5 Å². The predicted octanol–water partition coefficient (Wildman–Crippen LogP) is 4.18. The summed E-state index contributed by atoms with van der Waals surface area (Å²) in [5.41, 5.74) is 2.79. The number of ether oxygens (including phenoxy) is 1. The molecule has 0 aromatic heterocycles. The van der Waals surface area contributed by atoms with E-state index >= 15 is 0 Å². The van der Waals surface area contributed by atoms with Crippen LogP contribution < -0.4 is 4.74 Å². The van der Waals surface area contributed by atoms with E-state index < -0.39 is 0 Å². The fourth-order valence-corrected chi connectivity index (χ4v) is 2.50. The molecular weight excluding hydrogens is 248 g/mol. The third-order valence-electron chi connectivity index (χ3n) is 4.02. The minimum atomic E-state index is -0.174. The van der Waals surface area contributed by atoms with E-state index in [1.54, 1.807) is 0 Å². The van der Waals surface area contributed by atoms with E-state index in [9.17, 15) is 5.11 Å². The highest BCUT2D eigenvalue weighted by molar-refractivity contribution is 5.43. The zero-order valence-electron chi connectivity index (χ0n) is 13.7. The third-order valence-corrected chi connectivity index (χ3v) is 4.02. The van der Waals surface area contributed by atoms with E-state index in [0.717, 1.165) is 18.6 Å². The average molecular weight is 276 g/mol. The van der Waals surface area contributed by atoms with Gasteiger partial charge in [-0.25, -0.2) is 0 Å². The highest BCUT2D eigenvalue weighted by Crippen LogP contribution is 2.37. The molecule has 0 radical (unpaired) electrons. The number of hydrogen-bond donors (Lipinski definition) is 1. The molecule has 1 saturated carbocycles. The second kappa shape index (κ2) is 5.07. The van der Waals surface area contributed by atoms with Crippen LogP contribution in [-0.4, -0.2) is 17.3 Å². The fraction of sp³-hybridized carbons (Fsp3) is 0.667. The Labute approximate surface area is 123 Å². The van der Waals surface area contributed by atoms with Gasteiger partial charge in [0.05, 0.1) is 6.10 Å². The summed E-state index contributed by atoms with van der Waals surface area (Å²) in [7, 11) is 0. The Kier molecular flexibility index (Phi) is 3.90. The second-order valence-electron chi connectivity index (χ2n) is 8.08. The largest absolute Gasteiger partial charge is 0.490 e. The Morgan fingerprint density at radius 1 is 1.00 bits per heavy atom. The molecule has 2 rings (SSSR count). The van der Waals surface area contributed by atoms with Crippen LogP contribution in [0.15, 0.2) is 18.2 Å². The van der Waals surface area contributed by atoms with Crippen molar-refractivity contribution in [3.05, 3.63) is 29.3 Å². The van der Waals surface area contributed by atoms with E-state index in [2.05, 4.69) is 59.7 Å². The van der Waals surface area contributed by atoms with Gasteiger partial charge >= 0.3 is 0 Å². The molecule has 1 aliphatic rings. The van der Waals surface area contributed by atoms with Gasteiger partial charge in [-0.2, -0.15) is 0 Å². The molecule has 0 unspecified atom stereocenters. The van der Waals surface area contributed by atoms with Gasteiger partial charge < -0.3 is 9.84 Å². The molecular formula is C18H28O2. The van der Waals surface area contributed by atoms with Gasteiger partial charge in [-0.05, 0) is 28.0 Å². The van der Waals surface area contributed by atoms with Gasteiger partial charge in [0, 0.05) is 12.8 Å². The van der Waals surface area contributed by atoms with Crippen molar-refractivity contribution in [3.8, 4) is 5.75 Å². The van der Waals surface area contributed by atoms with Crippen LogP contribution in [0.25, 0.3) is 0 Å². The Bertz CT molecular complexity index is 471. The van der Waals surface area contributed by atoms with Crippen LogP contribution in [0.5, 0.6) is 5.75 Å². The maximum Gasteiger partial charge on any atom is 0.123 e. The molecule has 1 aromatic rings. The van der Waals surface area contributed by atoms with Crippen molar-refractivity contribution in [1.29, 1.82) is 0 Å². The van der Waals surface area contributed by atoms with Crippen LogP contribution in [0, 0.1) is 0 Å². The van der Waals surface area contributed by atoms with Crippen molar-refractivity contribution in [2.45, 2.75) is 77.4 Å². The molecule has 0 heterocycles. The lowest BCUT2D eigenvalue weighted by atomic mass is 9.80. The molecule has 1 N–H and O–H groups in total. The molecule has 112 valence electrons. The monoisotopic (exact) mass is 276 g/mol. The maximum atomic E-state index is 9.40. The van der Waals surface area contributed by atoms with Crippen molar-refractivity contribution < 1.29 is 9.84 Å². The summed E-state index contributed by atoms with van der Waals surface area (Å²) in [5.74, 6) is 0.974. The topological polar surface area (TPSA) is 29.5 Å². The maximum absolute atomic E-state index is 9.40. The Morgan fingerprint density at radius 3 is 2.05 bits per heavy atom. The number of aliphatic hydroxyl groups is 1. The van der Waals surface area contributed by atoms with E-state index in [1.807, 2.05) is 0 Å². The zero-order chi connectivity index (χ0) is 15.1. The summed E-state index contributed by atoms with van der Waals surface area (Å²) in [6.07, 6.45) is 1.51. The average Bonchev–Trinajstić information content (AvgIpc) is 2.24. The molecule has 1 aliphatic carbocycles. The lowest BCUT2D eigenvalue weighted by Crippen LogP contribution is -2.38. The smallest absolute Gasteiger partial charge is 0.123 e. The third kappa shape index (κ3) is 3.35. The Morgan fingerprint density at radius 2 is 1.60 bits per heavy atom. The quantitative estimate of drug-likeness (QED) is 0.878. The molecule has 0 aliphatic heterocycles. The van der Waals surface area contributed by atoms with Crippen LogP contribution in [0.2, 0.25) is 0 Å². The van der Waals surface area contributed by atoms with Gasteiger partial charge in [0.15, 0.2) is 0 Å². The minimum Gasteiger partial charge on any atom is -0.490 e. The van der Waals surface area contributed by atoms with Crippen molar-refractivity contribution in [1.82, 2.24) is 0 Å². The molecule has 20 heavy (non-hydrogen) atoms. The van der Waals surface area contributed by atoms with Crippen molar-refractivity contribution >= 4 is 0 Å². The molecule has 0 bridgehead atoms. The fourth-order valence-electron chi connectivity index (χ4n) is 2.50. The van der Waals surface area contributed by atoms with Gasteiger partial charge in [0.1, 0.15) is 11.9 Å². The first-order valence-corrected chi connectivity index (χ1v) is 7.57. The van der Waals surface area contributed by atoms with Crippen LogP contribution in [0.4, 0.5) is 0 Å². The number of aliphatic hydroxyl groups excluding tert-OH is 1. The van der Waals surface area contributed by atoms with Crippen molar-refractivity contribution in [2.75, 3.05) is 0 Å². The van der Waals surface area contributed by atoms with E-state index in [4.69, 9.17) is 4.74 Å². The summed E-state index contributed by atoms with van der Waals surface area (Å²) in [4.78, 5) is 0. The SMILES string of the molecule is CC(C)(C)c1ccc(OC2CC(O)C2)c(C(C)(C)C)c1.